The van der Waals surface area contributed by atoms with Gasteiger partial charge in [0.05, 0.1) is 6.10 Å². The molecule has 150 valence electrons. The minimum absolute atomic E-state index is 0.00818. The summed E-state index contributed by atoms with van der Waals surface area (Å²) < 4.78 is 0. The van der Waals surface area contributed by atoms with Gasteiger partial charge in [-0.25, -0.2) is 4.79 Å². The van der Waals surface area contributed by atoms with E-state index in [9.17, 15) is 15.0 Å². The summed E-state index contributed by atoms with van der Waals surface area (Å²) in [5.74, 6) is 2.14. The van der Waals surface area contributed by atoms with Gasteiger partial charge in [-0.1, -0.05) is 6.08 Å². The molecule has 2 amide bonds. The maximum atomic E-state index is 12.1. The molecule has 0 aromatic heterocycles. The Bertz CT molecular complexity index is 463. The Labute approximate surface area is 161 Å². The zero-order valence-corrected chi connectivity index (χ0v) is 16.8. The van der Waals surface area contributed by atoms with Crippen molar-refractivity contribution in [1.29, 1.82) is 0 Å². The minimum Gasteiger partial charge on any atom is -0.396 e. The highest BCUT2D eigenvalue weighted by atomic mass is 32.2. The molecule has 6 nitrogen and oxygen atoms in total. The number of thioether (sulfide) groups is 1. The van der Waals surface area contributed by atoms with Crippen LogP contribution in [0.3, 0.4) is 0 Å². The Balaban J connectivity index is 1.67. The molecule has 7 heteroatoms. The van der Waals surface area contributed by atoms with Crippen molar-refractivity contribution in [3.05, 3.63) is 11.5 Å². The van der Waals surface area contributed by atoms with E-state index in [1.807, 2.05) is 25.7 Å². The van der Waals surface area contributed by atoms with Gasteiger partial charge >= 0.3 is 6.03 Å². The number of carbonyl (C=O) groups excluding carboxylic acids is 1. The quantitative estimate of drug-likeness (QED) is 0.416. The van der Waals surface area contributed by atoms with Crippen molar-refractivity contribution in [2.24, 2.45) is 17.8 Å². The zero-order valence-electron chi connectivity index (χ0n) is 16.0. The third-order valence-corrected chi connectivity index (χ3v) is 6.58. The Morgan fingerprint density at radius 2 is 2.15 bits per heavy atom. The van der Waals surface area contributed by atoms with Gasteiger partial charge in [0.25, 0.3) is 0 Å². The second-order valence-corrected chi connectivity index (χ2v) is 8.76. The van der Waals surface area contributed by atoms with Crippen LogP contribution in [0.1, 0.15) is 39.0 Å². The molecule has 1 aliphatic heterocycles. The second kappa shape index (κ2) is 11.2. The predicted octanol–water partition coefficient (Wildman–Crippen LogP) is 1.69. The van der Waals surface area contributed by atoms with E-state index in [0.717, 1.165) is 37.9 Å². The zero-order chi connectivity index (χ0) is 18.9. The first-order chi connectivity index (χ1) is 12.5. The van der Waals surface area contributed by atoms with E-state index in [1.165, 1.54) is 0 Å². The van der Waals surface area contributed by atoms with E-state index in [1.54, 1.807) is 0 Å². The first kappa shape index (κ1) is 21.5. The fourth-order valence-corrected chi connectivity index (χ4v) is 4.95. The van der Waals surface area contributed by atoms with Crippen LogP contribution in [-0.2, 0) is 0 Å². The minimum atomic E-state index is -0.372. The van der Waals surface area contributed by atoms with Gasteiger partial charge in [0.15, 0.2) is 0 Å². The first-order valence-corrected chi connectivity index (χ1v) is 10.9. The molecule has 6 atom stereocenters. The highest BCUT2D eigenvalue weighted by Crippen LogP contribution is 2.32. The lowest BCUT2D eigenvalue weighted by atomic mass is 9.77. The molecule has 0 spiro atoms. The largest absolute Gasteiger partial charge is 0.396 e. The van der Waals surface area contributed by atoms with Gasteiger partial charge in [-0.15, -0.1) is 11.8 Å². The summed E-state index contributed by atoms with van der Waals surface area (Å²) in [6.07, 6.45) is 6.35. The van der Waals surface area contributed by atoms with Crippen LogP contribution in [0.4, 0.5) is 4.79 Å². The van der Waals surface area contributed by atoms with Crippen molar-refractivity contribution in [3.63, 3.8) is 0 Å². The summed E-state index contributed by atoms with van der Waals surface area (Å²) in [6, 6.07) is 0.242. The SMILES string of the molecule is CN[C@H](CNC(=O)N[C@@H](C)CC1C=CSC1)CC1CCC(O)C(CO)C1. The van der Waals surface area contributed by atoms with Gasteiger partial charge in [0, 0.05) is 36.9 Å². The number of allylic oxidation sites excluding steroid dienone is 1. The third-order valence-electron chi connectivity index (χ3n) is 5.61. The molecule has 0 radical (unpaired) electrons. The standard InChI is InChI=1S/C19H35N3O3S/c1-13(7-15-5-6-26-12-15)22-19(25)21-10-17(20-2)9-14-3-4-18(24)16(8-14)11-23/h5-6,13-18,20,23-24H,3-4,7-12H2,1-2H3,(H2,21,22,25)/t13-,14?,15?,16?,17-,18?/m0/s1. The molecule has 1 saturated carbocycles. The lowest BCUT2D eigenvalue weighted by Gasteiger charge is -2.34. The number of urea groups is 1. The van der Waals surface area contributed by atoms with Crippen molar-refractivity contribution < 1.29 is 15.0 Å². The normalized spacial score (nSPS) is 30.8. The highest BCUT2D eigenvalue weighted by molar-refractivity contribution is 8.02. The number of nitrogens with one attached hydrogen (secondary N) is 3. The van der Waals surface area contributed by atoms with Crippen molar-refractivity contribution in [2.75, 3.05) is 26.0 Å². The monoisotopic (exact) mass is 385 g/mol. The molecule has 5 N–H and O–H groups in total. The number of hydrogen-bond donors (Lipinski definition) is 5. The molecule has 1 aliphatic carbocycles. The molecule has 0 aromatic rings. The number of amides is 2. The van der Waals surface area contributed by atoms with Crippen LogP contribution in [0.25, 0.3) is 0 Å². The Hall–Kier alpha value is -0.760. The van der Waals surface area contributed by atoms with Crippen LogP contribution >= 0.6 is 11.8 Å². The molecular formula is C19H35N3O3S. The van der Waals surface area contributed by atoms with Gasteiger partial charge in [0.2, 0.25) is 0 Å². The molecule has 1 fully saturated rings. The molecular weight excluding hydrogens is 350 g/mol. The number of carbonyl (C=O) groups is 1. The summed E-state index contributed by atoms with van der Waals surface area (Å²) in [7, 11) is 1.91. The van der Waals surface area contributed by atoms with Crippen LogP contribution in [-0.4, -0.2) is 60.4 Å². The van der Waals surface area contributed by atoms with Crippen LogP contribution < -0.4 is 16.0 Å². The van der Waals surface area contributed by atoms with E-state index in [0.29, 0.717) is 18.4 Å². The number of rotatable bonds is 9. The number of likely N-dealkylation sites (N-methyl/N-ethyl adjacent to an activating group) is 1. The lowest BCUT2D eigenvalue weighted by Crippen LogP contribution is -2.47. The molecule has 26 heavy (non-hydrogen) atoms. The summed E-state index contributed by atoms with van der Waals surface area (Å²) in [6.45, 7) is 2.68. The average Bonchev–Trinajstić information content (AvgIpc) is 3.12. The second-order valence-electron chi connectivity index (χ2n) is 7.82. The van der Waals surface area contributed by atoms with Gasteiger partial charge < -0.3 is 26.2 Å². The van der Waals surface area contributed by atoms with E-state index in [2.05, 4.69) is 27.4 Å². The van der Waals surface area contributed by atoms with E-state index in [4.69, 9.17) is 0 Å². The van der Waals surface area contributed by atoms with Crippen LogP contribution in [0.2, 0.25) is 0 Å². The Morgan fingerprint density at radius 1 is 1.35 bits per heavy atom. The first-order valence-electron chi connectivity index (χ1n) is 9.80. The number of aliphatic hydroxyl groups is 2. The van der Waals surface area contributed by atoms with Crippen molar-refractivity contribution in [3.8, 4) is 0 Å². The Morgan fingerprint density at radius 3 is 2.81 bits per heavy atom. The molecule has 1 heterocycles. The maximum absolute atomic E-state index is 12.1. The average molecular weight is 386 g/mol. The van der Waals surface area contributed by atoms with Gasteiger partial charge in [-0.05, 0) is 63.3 Å². The molecule has 0 aromatic carbocycles. The predicted molar refractivity (Wildman–Crippen MR) is 107 cm³/mol. The molecule has 4 unspecified atom stereocenters. The van der Waals surface area contributed by atoms with Gasteiger partial charge in [0.1, 0.15) is 0 Å². The van der Waals surface area contributed by atoms with Gasteiger partial charge in [-0.2, -0.15) is 0 Å². The van der Waals surface area contributed by atoms with E-state index >= 15 is 0 Å². The summed E-state index contributed by atoms with van der Waals surface area (Å²) in [5.41, 5.74) is 0. The highest BCUT2D eigenvalue weighted by Gasteiger charge is 2.30. The summed E-state index contributed by atoms with van der Waals surface area (Å²) in [5, 5.41) is 30.7. The maximum Gasteiger partial charge on any atom is 0.315 e. The van der Waals surface area contributed by atoms with E-state index in [-0.39, 0.29) is 36.7 Å². The topological polar surface area (TPSA) is 93.6 Å². The summed E-state index contributed by atoms with van der Waals surface area (Å²) in [4.78, 5) is 12.1. The van der Waals surface area contributed by atoms with Crippen LogP contribution in [0.15, 0.2) is 11.5 Å². The fourth-order valence-electron chi connectivity index (χ4n) is 4.01. The summed E-state index contributed by atoms with van der Waals surface area (Å²) >= 11 is 1.83. The molecule has 2 rings (SSSR count). The van der Waals surface area contributed by atoms with Gasteiger partial charge in [-0.3, -0.25) is 0 Å². The molecule has 0 saturated heterocycles. The number of hydrogen-bond acceptors (Lipinski definition) is 5. The smallest absolute Gasteiger partial charge is 0.315 e. The third kappa shape index (κ3) is 7.10. The number of aliphatic hydroxyl groups excluding tert-OH is 2. The lowest BCUT2D eigenvalue weighted by molar-refractivity contribution is 0.0143. The molecule has 0 bridgehead atoms. The Kier molecular flexibility index (Phi) is 9.25. The van der Waals surface area contributed by atoms with Crippen LogP contribution in [0, 0.1) is 17.8 Å². The van der Waals surface area contributed by atoms with Crippen LogP contribution in [0.5, 0.6) is 0 Å². The fraction of sp³-hybridized carbons (Fsp3) is 0.842. The van der Waals surface area contributed by atoms with Crippen molar-refractivity contribution in [1.82, 2.24) is 16.0 Å². The van der Waals surface area contributed by atoms with E-state index < -0.39 is 0 Å². The van der Waals surface area contributed by atoms with Crippen molar-refractivity contribution >= 4 is 17.8 Å². The van der Waals surface area contributed by atoms with Crippen molar-refractivity contribution in [2.45, 2.75) is 57.2 Å². The molecule has 2 aliphatic rings.